The fourth-order valence-electron chi connectivity index (χ4n) is 3.15. The SMILES string of the molecule is CO[C@@H]1C[C@H](c2nc(C)no2)N(C(=O)c2c(C(C)C)n[nH]c2C)C1. The highest BCUT2D eigenvalue weighted by atomic mass is 16.5. The number of likely N-dealkylation sites (tertiary alicyclic amines) is 1. The van der Waals surface area contributed by atoms with Gasteiger partial charge in [0.05, 0.1) is 17.4 Å². The Labute approximate surface area is 140 Å². The van der Waals surface area contributed by atoms with Gasteiger partial charge >= 0.3 is 0 Å². The molecule has 0 unspecified atom stereocenters. The number of rotatable bonds is 4. The van der Waals surface area contributed by atoms with E-state index in [1.165, 1.54) is 0 Å². The van der Waals surface area contributed by atoms with E-state index in [0.29, 0.717) is 30.2 Å². The van der Waals surface area contributed by atoms with Crippen LogP contribution in [0.4, 0.5) is 0 Å². The second-order valence-electron chi connectivity index (χ2n) is 6.51. The van der Waals surface area contributed by atoms with Crippen molar-refractivity contribution in [2.24, 2.45) is 0 Å². The lowest BCUT2D eigenvalue weighted by molar-refractivity contribution is 0.0668. The van der Waals surface area contributed by atoms with E-state index in [4.69, 9.17) is 9.26 Å². The average Bonchev–Trinajstić information content (AvgIpc) is 3.23. The van der Waals surface area contributed by atoms with Gasteiger partial charge in [0.2, 0.25) is 5.89 Å². The fourth-order valence-corrected chi connectivity index (χ4v) is 3.15. The second-order valence-corrected chi connectivity index (χ2v) is 6.51. The van der Waals surface area contributed by atoms with Gasteiger partial charge in [0.25, 0.3) is 5.91 Å². The van der Waals surface area contributed by atoms with Crippen molar-refractivity contribution >= 4 is 5.91 Å². The van der Waals surface area contributed by atoms with Gasteiger partial charge in [-0.3, -0.25) is 9.89 Å². The van der Waals surface area contributed by atoms with Gasteiger partial charge in [-0.1, -0.05) is 19.0 Å². The molecule has 0 aliphatic carbocycles. The molecule has 1 saturated heterocycles. The summed E-state index contributed by atoms with van der Waals surface area (Å²) in [7, 11) is 1.65. The van der Waals surface area contributed by atoms with Crippen LogP contribution in [0.25, 0.3) is 0 Å². The van der Waals surface area contributed by atoms with Gasteiger partial charge in [-0.15, -0.1) is 0 Å². The first-order valence-corrected chi connectivity index (χ1v) is 8.11. The maximum absolute atomic E-state index is 13.2. The highest BCUT2D eigenvalue weighted by Crippen LogP contribution is 2.35. The first-order valence-electron chi connectivity index (χ1n) is 8.11. The summed E-state index contributed by atoms with van der Waals surface area (Å²) in [6.07, 6.45) is 0.582. The van der Waals surface area contributed by atoms with E-state index in [2.05, 4.69) is 20.3 Å². The molecular formula is C16H23N5O3. The molecule has 0 saturated carbocycles. The minimum Gasteiger partial charge on any atom is -0.380 e. The van der Waals surface area contributed by atoms with Gasteiger partial charge in [-0.05, 0) is 19.8 Å². The summed E-state index contributed by atoms with van der Waals surface area (Å²) in [6.45, 7) is 8.16. The van der Waals surface area contributed by atoms with Crippen LogP contribution in [0.1, 0.15) is 65.7 Å². The van der Waals surface area contributed by atoms with Crippen LogP contribution in [0.3, 0.4) is 0 Å². The van der Waals surface area contributed by atoms with Crippen molar-refractivity contribution in [1.29, 1.82) is 0 Å². The zero-order valence-corrected chi connectivity index (χ0v) is 14.7. The third-order valence-electron chi connectivity index (χ3n) is 4.42. The van der Waals surface area contributed by atoms with E-state index in [0.717, 1.165) is 11.4 Å². The minimum absolute atomic E-state index is 0.0548. The number of aromatic nitrogens is 4. The van der Waals surface area contributed by atoms with Crippen LogP contribution in [0, 0.1) is 13.8 Å². The normalized spacial score (nSPS) is 21.0. The van der Waals surface area contributed by atoms with Gasteiger partial charge < -0.3 is 14.2 Å². The number of carbonyl (C=O) groups is 1. The number of hydrogen-bond acceptors (Lipinski definition) is 6. The van der Waals surface area contributed by atoms with E-state index in [-0.39, 0.29) is 24.0 Å². The number of methoxy groups -OCH3 is 1. The number of aromatic amines is 1. The largest absolute Gasteiger partial charge is 0.380 e. The molecule has 0 radical (unpaired) electrons. The Hall–Kier alpha value is -2.22. The Morgan fingerprint density at radius 1 is 1.42 bits per heavy atom. The Kier molecular flexibility index (Phi) is 4.40. The predicted octanol–water partition coefficient (Wildman–Crippen LogP) is 2.14. The summed E-state index contributed by atoms with van der Waals surface area (Å²) in [6, 6.07) is -0.280. The molecule has 1 fully saturated rings. The Balaban J connectivity index is 1.96. The van der Waals surface area contributed by atoms with Crippen molar-refractivity contribution in [3.8, 4) is 0 Å². The van der Waals surface area contributed by atoms with E-state index >= 15 is 0 Å². The molecule has 1 N–H and O–H groups in total. The van der Waals surface area contributed by atoms with Gasteiger partial charge in [0, 0.05) is 25.8 Å². The highest BCUT2D eigenvalue weighted by Gasteiger charge is 2.41. The molecule has 1 aliphatic heterocycles. The van der Waals surface area contributed by atoms with Crippen molar-refractivity contribution in [3.63, 3.8) is 0 Å². The molecule has 2 atom stereocenters. The van der Waals surface area contributed by atoms with Crippen molar-refractivity contribution in [2.45, 2.75) is 52.2 Å². The molecular weight excluding hydrogens is 310 g/mol. The Morgan fingerprint density at radius 2 is 2.17 bits per heavy atom. The summed E-state index contributed by atoms with van der Waals surface area (Å²) in [4.78, 5) is 19.3. The van der Waals surface area contributed by atoms with Gasteiger partial charge in [-0.2, -0.15) is 10.1 Å². The van der Waals surface area contributed by atoms with Crippen molar-refractivity contribution < 1.29 is 14.1 Å². The number of carbonyl (C=O) groups excluding carboxylic acids is 1. The average molecular weight is 333 g/mol. The zero-order chi connectivity index (χ0) is 17.4. The number of nitrogens with zero attached hydrogens (tertiary/aromatic N) is 4. The Morgan fingerprint density at radius 3 is 2.75 bits per heavy atom. The van der Waals surface area contributed by atoms with Gasteiger partial charge in [0.15, 0.2) is 5.82 Å². The molecule has 3 heterocycles. The molecule has 0 spiro atoms. The summed E-state index contributed by atoms with van der Waals surface area (Å²) < 4.78 is 10.8. The van der Waals surface area contributed by atoms with Crippen molar-refractivity contribution in [2.75, 3.05) is 13.7 Å². The third-order valence-corrected chi connectivity index (χ3v) is 4.42. The Bertz CT molecular complexity index is 736. The van der Waals surface area contributed by atoms with E-state index in [1.54, 1.807) is 18.9 Å². The van der Waals surface area contributed by atoms with Crippen LogP contribution >= 0.6 is 0 Å². The lowest BCUT2D eigenvalue weighted by atomic mass is 10.0. The molecule has 1 aliphatic rings. The monoisotopic (exact) mass is 333 g/mol. The number of aryl methyl sites for hydroxylation is 2. The van der Waals surface area contributed by atoms with Crippen LogP contribution in [-0.2, 0) is 4.74 Å². The molecule has 3 rings (SSSR count). The van der Waals surface area contributed by atoms with Gasteiger partial charge in [-0.25, -0.2) is 0 Å². The smallest absolute Gasteiger partial charge is 0.258 e. The van der Waals surface area contributed by atoms with E-state index in [9.17, 15) is 4.79 Å². The summed E-state index contributed by atoms with van der Waals surface area (Å²) in [5.41, 5.74) is 2.17. The lowest BCUT2D eigenvalue weighted by Crippen LogP contribution is -2.33. The molecule has 2 aromatic heterocycles. The second kappa shape index (κ2) is 6.35. The number of nitrogens with one attached hydrogen (secondary N) is 1. The van der Waals surface area contributed by atoms with Crippen molar-refractivity contribution in [3.05, 3.63) is 28.7 Å². The first-order chi connectivity index (χ1) is 11.4. The minimum atomic E-state index is -0.280. The van der Waals surface area contributed by atoms with Gasteiger partial charge in [0.1, 0.15) is 6.04 Å². The molecule has 0 bridgehead atoms. The molecule has 8 nitrogen and oxygen atoms in total. The molecule has 2 aromatic rings. The summed E-state index contributed by atoms with van der Waals surface area (Å²) >= 11 is 0. The van der Waals surface area contributed by atoms with Crippen LogP contribution in [0.2, 0.25) is 0 Å². The molecule has 1 amide bonds. The molecule has 8 heteroatoms. The van der Waals surface area contributed by atoms with E-state index in [1.807, 2.05) is 20.8 Å². The van der Waals surface area contributed by atoms with Crippen LogP contribution in [0.15, 0.2) is 4.52 Å². The molecule has 130 valence electrons. The summed E-state index contributed by atoms with van der Waals surface area (Å²) in [5.74, 6) is 1.08. The van der Waals surface area contributed by atoms with Crippen molar-refractivity contribution in [1.82, 2.24) is 25.2 Å². The topological polar surface area (TPSA) is 97.1 Å². The quantitative estimate of drug-likeness (QED) is 0.920. The van der Waals surface area contributed by atoms with E-state index < -0.39 is 0 Å². The number of hydrogen-bond donors (Lipinski definition) is 1. The predicted molar refractivity (Wildman–Crippen MR) is 85.6 cm³/mol. The maximum Gasteiger partial charge on any atom is 0.258 e. The van der Waals surface area contributed by atoms with Crippen LogP contribution in [0.5, 0.6) is 0 Å². The molecule has 0 aromatic carbocycles. The number of H-pyrrole nitrogens is 1. The standard InChI is InChI=1S/C16H23N5O3/c1-8(2)14-13(9(3)18-19-14)16(22)21-7-11(23-5)6-12(21)15-17-10(4)20-24-15/h8,11-12H,6-7H2,1-5H3,(H,18,19)/t11-,12-/m1/s1. The molecule has 24 heavy (non-hydrogen) atoms. The lowest BCUT2D eigenvalue weighted by Gasteiger charge is -2.22. The number of ether oxygens (including phenoxy) is 1. The van der Waals surface area contributed by atoms with Crippen LogP contribution in [-0.4, -0.2) is 50.9 Å². The zero-order valence-electron chi connectivity index (χ0n) is 14.7. The fraction of sp³-hybridized carbons (Fsp3) is 0.625. The number of amides is 1. The summed E-state index contributed by atoms with van der Waals surface area (Å²) in [5, 5.41) is 11.1. The van der Waals surface area contributed by atoms with Crippen LogP contribution < -0.4 is 0 Å². The maximum atomic E-state index is 13.2. The first kappa shape index (κ1) is 16.6. The highest BCUT2D eigenvalue weighted by molar-refractivity contribution is 5.97. The third kappa shape index (κ3) is 2.82.